The van der Waals surface area contributed by atoms with E-state index in [4.69, 9.17) is 25.8 Å². The summed E-state index contributed by atoms with van der Waals surface area (Å²) < 4.78 is 57.8. The van der Waals surface area contributed by atoms with E-state index in [0.29, 0.717) is 21.5 Å². The van der Waals surface area contributed by atoms with E-state index in [-0.39, 0.29) is 21.4 Å². The molecule has 1 N–H and O–H groups in total. The number of methoxy groups -OCH3 is 3. The van der Waals surface area contributed by atoms with Gasteiger partial charge in [-0.3, -0.25) is 9.10 Å². The molecule has 0 radical (unpaired) electrons. The molecule has 0 saturated heterocycles. The Morgan fingerprint density at radius 3 is 2.21 bits per heavy atom. The van der Waals surface area contributed by atoms with Gasteiger partial charge in [-0.15, -0.1) is 0 Å². The van der Waals surface area contributed by atoms with Crippen LogP contribution in [0.5, 0.6) is 17.2 Å². The van der Waals surface area contributed by atoms with Crippen molar-refractivity contribution in [3.05, 3.63) is 71.5 Å². The largest absolute Gasteiger partial charge is 0.495 e. The zero-order valence-electron chi connectivity index (χ0n) is 18.5. The quantitative estimate of drug-likeness (QED) is 0.462. The minimum absolute atomic E-state index is 0.161. The molecule has 180 valence electrons. The van der Waals surface area contributed by atoms with Crippen LogP contribution in [0.15, 0.2) is 65.6 Å². The first-order chi connectivity index (χ1) is 16.2. The number of nitrogens with one attached hydrogen (secondary N) is 1. The van der Waals surface area contributed by atoms with Crippen LogP contribution in [0, 0.1) is 5.82 Å². The molecule has 0 aliphatic heterocycles. The van der Waals surface area contributed by atoms with Gasteiger partial charge in [-0.25, -0.2) is 12.8 Å². The minimum atomic E-state index is -4.39. The van der Waals surface area contributed by atoms with Crippen molar-refractivity contribution in [1.82, 2.24) is 0 Å². The highest BCUT2D eigenvalue weighted by Crippen LogP contribution is 2.33. The lowest BCUT2D eigenvalue weighted by Gasteiger charge is -2.25. The van der Waals surface area contributed by atoms with E-state index in [2.05, 4.69) is 5.32 Å². The molecule has 0 bridgehead atoms. The van der Waals surface area contributed by atoms with E-state index in [1.807, 2.05) is 0 Å². The predicted octanol–water partition coefficient (Wildman–Crippen LogP) is 4.34. The summed E-state index contributed by atoms with van der Waals surface area (Å²) in [6.07, 6.45) is 0. The third-order valence-electron chi connectivity index (χ3n) is 4.79. The molecular weight excluding hydrogens is 487 g/mol. The average Bonchev–Trinajstić information content (AvgIpc) is 2.82. The number of para-hydroxylation sites is 1. The van der Waals surface area contributed by atoms with Gasteiger partial charge in [0.1, 0.15) is 18.1 Å². The number of hydrogen-bond acceptors (Lipinski definition) is 6. The van der Waals surface area contributed by atoms with Crippen molar-refractivity contribution in [2.75, 3.05) is 37.5 Å². The maximum absolute atomic E-state index is 14.6. The summed E-state index contributed by atoms with van der Waals surface area (Å²) in [5, 5.41) is 2.82. The van der Waals surface area contributed by atoms with Crippen molar-refractivity contribution in [2.45, 2.75) is 4.90 Å². The fraction of sp³-hybridized carbons (Fsp3) is 0.174. The molecule has 0 atom stereocenters. The highest BCUT2D eigenvalue weighted by Gasteiger charge is 2.30. The Balaban J connectivity index is 1.98. The Morgan fingerprint density at radius 2 is 1.59 bits per heavy atom. The van der Waals surface area contributed by atoms with Crippen LogP contribution in [0.3, 0.4) is 0 Å². The number of carbonyl (C=O) groups is 1. The van der Waals surface area contributed by atoms with Gasteiger partial charge in [0.05, 0.1) is 36.9 Å². The van der Waals surface area contributed by atoms with Crippen LogP contribution in [0.4, 0.5) is 15.8 Å². The molecule has 8 nitrogen and oxygen atoms in total. The summed E-state index contributed by atoms with van der Waals surface area (Å²) in [4.78, 5) is 12.6. The molecule has 3 aromatic rings. The summed E-state index contributed by atoms with van der Waals surface area (Å²) >= 11 is 6.09. The monoisotopic (exact) mass is 508 g/mol. The van der Waals surface area contributed by atoms with Crippen molar-refractivity contribution in [3.63, 3.8) is 0 Å². The number of halogens is 2. The van der Waals surface area contributed by atoms with Crippen LogP contribution in [-0.2, 0) is 14.8 Å². The number of carbonyl (C=O) groups excluding carboxylic acids is 1. The molecule has 0 aliphatic rings. The molecular formula is C23H22ClFN2O6S. The lowest BCUT2D eigenvalue weighted by Crippen LogP contribution is -2.38. The standard InChI is InChI=1S/C23H22ClFN2O6S/c1-31-20-10-8-15(12-17(20)24)26-23(28)14-27(19-7-5-4-6-18(19)25)34(29,30)16-9-11-21(32-2)22(13-16)33-3/h4-13H,14H2,1-3H3,(H,26,28). The highest BCUT2D eigenvalue weighted by molar-refractivity contribution is 7.92. The smallest absolute Gasteiger partial charge is 0.265 e. The van der Waals surface area contributed by atoms with Gasteiger partial charge in [-0.05, 0) is 42.5 Å². The van der Waals surface area contributed by atoms with Crippen LogP contribution in [-0.4, -0.2) is 42.2 Å². The number of benzene rings is 3. The van der Waals surface area contributed by atoms with Crippen LogP contribution in [0.1, 0.15) is 0 Å². The molecule has 0 aliphatic carbocycles. The number of rotatable bonds is 9. The van der Waals surface area contributed by atoms with E-state index in [1.165, 1.54) is 63.8 Å². The summed E-state index contributed by atoms with van der Waals surface area (Å²) in [5.41, 5.74) is 0.0213. The Labute approximate surface area is 201 Å². The number of amides is 1. The molecule has 3 rings (SSSR count). The van der Waals surface area contributed by atoms with Crippen LogP contribution in [0.2, 0.25) is 5.02 Å². The first-order valence-electron chi connectivity index (χ1n) is 9.84. The number of sulfonamides is 1. The van der Waals surface area contributed by atoms with Gasteiger partial charge < -0.3 is 19.5 Å². The van der Waals surface area contributed by atoms with Crippen molar-refractivity contribution in [1.29, 1.82) is 0 Å². The van der Waals surface area contributed by atoms with E-state index in [9.17, 15) is 17.6 Å². The molecule has 0 aromatic heterocycles. The van der Waals surface area contributed by atoms with Crippen LogP contribution < -0.4 is 23.8 Å². The molecule has 0 spiro atoms. The van der Waals surface area contributed by atoms with Gasteiger partial charge in [-0.2, -0.15) is 0 Å². The molecule has 1 amide bonds. The van der Waals surface area contributed by atoms with Crippen molar-refractivity contribution >= 4 is 38.9 Å². The maximum atomic E-state index is 14.6. The molecule has 3 aromatic carbocycles. The second kappa shape index (κ2) is 10.6. The van der Waals surface area contributed by atoms with E-state index >= 15 is 0 Å². The minimum Gasteiger partial charge on any atom is -0.495 e. The predicted molar refractivity (Wildman–Crippen MR) is 127 cm³/mol. The molecule has 0 heterocycles. The Bertz CT molecular complexity index is 1300. The van der Waals surface area contributed by atoms with Crippen molar-refractivity contribution in [2.24, 2.45) is 0 Å². The summed E-state index contributed by atoms with van der Waals surface area (Å²) in [7, 11) is -0.173. The Morgan fingerprint density at radius 1 is 0.941 bits per heavy atom. The first kappa shape index (κ1) is 25.1. The summed E-state index contributed by atoms with van der Waals surface area (Å²) in [6.45, 7) is -0.707. The van der Waals surface area contributed by atoms with Gasteiger partial charge >= 0.3 is 0 Å². The second-order valence-corrected chi connectivity index (χ2v) is 9.15. The zero-order chi connectivity index (χ0) is 24.9. The van der Waals surface area contributed by atoms with Gasteiger partial charge in [0, 0.05) is 11.8 Å². The van der Waals surface area contributed by atoms with Crippen LogP contribution >= 0.6 is 11.6 Å². The van der Waals surface area contributed by atoms with Gasteiger partial charge in [0.25, 0.3) is 10.0 Å². The van der Waals surface area contributed by atoms with Gasteiger partial charge in [-0.1, -0.05) is 23.7 Å². The molecule has 11 heteroatoms. The molecule has 34 heavy (non-hydrogen) atoms. The number of hydrogen-bond donors (Lipinski definition) is 1. The average molecular weight is 509 g/mol. The zero-order valence-corrected chi connectivity index (χ0v) is 20.1. The SMILES string of the molecule is COc1ccc(NC(=O)CN(c2ccccc2F)S(=O)(=O)c2ccc(OC)c(OC)c2)cc1Cl. The number of nitrogens with zero attached hydrogens (tertiary/aromatic N) is 1. The molecule has 0 saturated carbocycles. The maximum Gasteiger partial charge on any atom is 0.265 e. The van der Waals surface area contributed by atoms with Crippen molar-refractivity contribution in [3.8, 4) is 17.2 Å². The third kappa shape index (κ3) is 5.35. The highest BCUT2D eigenvalue weighted by atomic mass is 35.5. The third-order valence-corrected chi connectivity index (χ3v) is 6.84. The van der Waals surface area contributed by atoms with E-state index in [0.717, 1.165) is 6.07 Å². The molecule has 0 fully saturated rings. The fourth-order valence-corrected chi connectivity index (χ4v) is 4.84. The normalized spacial score (nSPS) is 11.0. The second-order valence-electron chi connectivity index (χ2n) is 6.88. The first-order valence-corrected chi connectivity index (χ1v) is 11.7. The van der Waals surface area contributed by atoms with Crippen molar-refractivity contribution < 1.29 is 31.8 Å². The Hall–Kier alpha value is -3.50. The summed E-state index contributed by atoms with van der Waals surface area (Å²) in [6, 6.07) is 13.7. The summed E-state index contributed by atoms with van der Waals surface area (Å²) in [5.74, 6) is -0.647. The molecule has 0 unspecified atom stereocenters. The van der Waals surface area contributed by atoms with Gasteiger partial charge in [0.15, 0.2) is 11.5 Å². The van der Waals surface area contributed by atoms with Crippen LogP contribution in [0.25, 0.3) is 0 Å². The Kier molecular flexibility index (Phi) is 7.85. The number of anilines is 2. The van der Waals surface area contributed by atoms with E-state index in [1.54, 1.807) is 12.1 Å². The number of ether oxygens (including phenoxy) is 3. The van der Waals surface area contributed by atoms with E-state index < -0.39 is 28.3 Å². The lowest BCUT2D eigenvalue weighted by atomic mass is 10.3. The topological polar surface area (TPSA) is 94.2 Å². The van der Waals surface area contributed by atoms with Gasteiger partial charge in [0.2, 0.25) is 5.91 Å². The fourth-order valence-electron chi connectivity index (χ4n) is 3.13. The lowest BCUT2D eigenvalue weighted by molar-refractivity contribution is -0.114.